The number of carbonyl (C=O) groups is 1. The second-order valence-corrected chi connectivity index (χ2v) is 7.37. The van der Waals surface area contributed by atoms with E-state index in [2.05, 4.69) is 10.3 Å². The number of aromatic nitrogens is 1. The van der Waals surface area contributed by atoms with E-state index in [0.29, 0.717) is 12.2 Å². The number of methoxy groups -OCH3 is 1. The van der Waals surface area contributed by atoms with Gasteiger partial charge in [-0.25, -0.2) is 9.37 Å². The van der Waals surface area contributed by atoms with E-state index in [0.717, 1.165) is 21.9 Å². The lowest BCUT2D eigenvalue weighted by molar-refractivity contribution is 0.0937. The van der Waals surface area contributed by atoms with E-state index in [9.17, 15) is 9.18 Å². The Morgan fingerprint density at radius 2 is 2.00 bits per heavy atom. The molecule has 1 aromatic heterocycles. The molecule has 7 heteroatoms. The molecule has 2 aromatic carbocycles. The molecule has 0 bridgehead atoms. The van der Waals surface area contributed by atoms with E-state index in [4.69, 9.17) is 4.74 Å². The molecule has 0 aliphatic carbocycles. The lowest BCUT2D eigenvalue weighted by Crippen LogP contribution is -2.34. The topological polar surface area (TPSA) is 54.5 Å². The summed E-state index contributed by atoms with van der Waals surface area (Å²) in [6.07, 6.45) is 0. The van der Waals surface area contributed by atoms with E-state index in [1.807, 2.05) is 49.3 Å². The Balaban J connectivity index is 1.68. The predicted molar refractivity (Wildman–Crippen MR) is 109 cm³/mol. The van der Waals surface area contributed by atoms with Gasteiger partial charge in [-0.05, 0) is 56.1 Å². The summed E-state index contributed by atoms with van der Waals surface area (Å²) in [5.41, 5.74) is 2.10. The van der Waals surface area contributed by atoms with Crippen LogP contribution in [0, 0.1) is 5.82 Å². The van der Waals surface area contributed by atoms with Gasteiger partial charge in [-0.15, -0.1) is 11.3 Å². The van der Waals surface area contributed by atoms with E-state index in [1.165, 1.54) is 23.5 Å². The largest absolute Gasteiger partial charge is 0.497 e. The lowest BCUT2D eigenvalue weighted by atomic mass is 10.1. The molecule has 3 aromatic rings. The van der Waals surface area contributed by atoms with Crippen molar-refractivity contribution in [2.75, 3.05) is 27.7 Å². The average Bonchev–Trinajstić information content (AvgIpc) is 3.18. The van der Waals surface area contributed by atoms with Crippen LogP contribution in [-0.2, 0) is 0 Å². The number of hydrogen-bond acceptors (Lipinski definition) is 5. The first kappa shape index (κ1) is 20.0. The molecule has 0 spiro atoms. The summed E-state index contributed by atoms with van der Waals surface area (Å²) in [5, 5.41) is 5.41. The zero-order valence-corrected chi connectivity index (χ0v) is 16.8. The molecule has 1 unspecified atom stereocenters. The highest BCUT2D eigenvalue weighted by molar-refractivity contribution is 7.13. The predicted octanol–water partition coefficient (Wildman–Crippen LogP) is 3.99. The molecule has 1 heterocycles. The molecule has 0 saturated heterocycles. The zero-order valence-electron chi connectivity index (χ0n) is 16.0. The summed E-state index contributed by atoms with van der Waals surface area (Å²) in [4.78, 5) is 18.9. The number of amides is 1. The van der Waals surface area contributed by atoms with Crippen LogP contribution in [0.25, 0.3) is 10.6 Å². The van der Waals surface area contributed by atoms with Crippen LogP contribution in [0.2, 0.25) is 0 Å². The van der Waals surface area contributed by atoms with Gasteiger partial charge in [-0.3, -0.25) is 4.79 Å². The molecular formula is C21H22FN3O2S. The van der Waals surface area contributed by atoms with Gasteiger partial charge in [0.15, 0.2) is 0 Å². The fraction of sp³-hybridized carbons (Fsp3) is 0.238. The smallest absolute Gasteiger partial charge is 0.270 e. The van der Waals surface area contributed by atoms with Crippen molar-refractivity contribution in [1.29, 1.82) is 0 Å². The Labute approximate surface area is 167 Å². The maximum Gasteiger partial charge on any atom is 0.270 e. The first-order chi connectivity index (χ1) is 13.5. The first-order valence-electron chi connectivity index (χ1n) is 8.78. The number of thiazole rings is 1. The Kier molecular flexibility index (Phi) is 6.38. The summed E-state index contributed by atoms with van der Waals surface area (Å²) < 4.78 is 18.7. The summed E-state index contributed by atoms with van der Waals surface area (Å²) in [7, 11) is 5.41. The zero-order chi connectivity index (χ0) is 20.1. The van der Waals surface area contributed by atoms with Crippen LogP contribution >= 0.6 is 11.3 Å². The number of benzene rings is 2. The Morgan fingerprint density at radius 3 is 2.64 bits per heavy atom. The Hall–Kier alpha value is -2.77. The van der Waals surface area contributed by atoms with Gasteiger partial charge in [-0.2, -0.15) is 0 Å². The maximum absolute atomic E-state index is 13.5. The van der Waals surface area contributed by atoms with Crippen molar-refractivity contribution >= 4 is 17.2 Å². The van der Waals surface area contributed by atoms with Crippen molar-refractivity contribution in [1.82, 2.24) is 15.2 Å². The number of rotatable bonds is 7. The molecule has 1 amide bonds. The fourth-order valence-electron chi connectivity index (χ4n) is 2.84. The standard InChI is InChI=1S/C21H22FN3O2S/c1-25(2)19(15-5-4-6-16(22)11-15)12-23-20(26)18-13-28-21(24-18)14-7-9-17(27-3)10-8-14/h4-11,13,19H,12H2,1-3H3,(H,23,26). The third-order valence-electron chi connectivity index (χ3n) is 4.39. The van der Waals surface area contributed by atoms with Crippen LogP contribution in [0.15, 0.2) is 53.9 Å². The third-order valence-corrected chi connectivity index (χ3v) is 5.28. The normalized spacial score (nSPS) is 12.0. The Bertz CT molecular complexity index is 941. The van der Waals surface area contributed by atoms with Crippen LogP contribution in [0.5, 0.6) is 5.75 Å². The first-order valence-corrected chi connectivity index (χ1v) is 9.66. The minimum atomic E-state index is -0.292. The monoisotopic (exact) mass is 399 g/mol. The van der Waals surface area contributed by atoms with Crippen molar-refractivity contribution < 1.29 is 13.9 Å². The average molecular weight is 399 g/mol. The molecule has 5 nitrogen and oxygen atoms in total. The molecule has 0 saturated carbocycles. The van der Waals surface area contributed by atoms with Crippen LogP contribution < -0.4 is 10.1 Å². The van der Waals surface area contributed by atoms with Gasteiger partial charge in [0.1, 0.15) is 22.3 Å². The van der Waals surface area contributed by atoms with E-state index in [1.54, 1.807) is 18.6 Å². The number of likely N-dealkylation sites (N-methyl/N-ethyl adjacent to an activating group) is 1. The maximum atomic E-state index is 13.5. The summed E-state index contributed by atoms with van der Waals surface area (Å²) in [5.74, 6) is 0.226. The van der Waals surface area contributed by atoms with Crippen molar-refractivity contribution in [3.8, 4) is 16.3 Å². The van der Waals surface area contributed by atoms with Crippen molar-refractivity contribution in [2.45, 2.75) is 6.04 Å². The second-order valence-electron chi connectivity index (χ2n) is 6.51. The van der Waals surface area contributed by atoms with Crippen molar-refractivity contribution in [3.63, 3.8) is 0 Å². The second kappa shape index (κ2) is 8.95. The van der Waals surface area contributed by atoms with Crippen LogP contribution in [0.3, 0.4) is 0 Å². The van der Waals surface area contributed by atoms with Crippen LogP contribution in [0.4, 0.5) is 4.39 Å². The van der Waals surface area contributed by atoms with Crippen molar-refractivity contribution in [3.05, 3.63) is 71.0 Å². The third kappa shape index (κ3) is 4.74. The molecule has 0 fully saturated rings. The lowest BCUT2D eigenvalue weighted by Gasteiger charge is -2.25. The Morgan fingerprint density at radius 1 is 1.25 bits per heavy atom. The van der Waals surface area contributed by atoms with Gasteiger partial charge in [0, 0.05) is 17.5 Å². The molecule has 28 heavy (non-hydrogen) atoms. The molecule has 3 rings (SSSR count). The minimum absolute atomic E-state index is 0.139. The van der Waals surface area contributed by atoms with Gasteiger partial charge in [-0.1, -0.05) is 12.1 Å². The molecular weight excluding hydrogens is 377 g/mol. The van der Waals surface area contributed by atoms with Gasteiger partial charge >= 0.3 is 0 Å². The van der Waals surface area contributed by atoms with E-state index < -0.39 is 0 Å². The molecule has 1 N–H and O–H groups in total. The number of nitrogens with one attached hydrogen (secondary N) is 1. The number of hydrogen-bond donors (Lipinski definition) is 1. The number of carbonyl (C=O) groups excluding carboxylic acids is 1. The summed E-state index contributed by atoms with van der Waals surface area (Å²) in [6, 6.07) is 13.8. The van der Waals surface area contributed by atoms with E-state index in [-0.39, 0.29) is 17.8 Å². The molecule has 0 aliphatic rings. The SMILES string of the molecule is COc1ccc(-c2nc(C(=O)NCC(c3cccc(F)c3)N(C)C)cs2)cc1. The van der Waals surface area contributed by atoms with Crippen LogP contribution in [0.1, 0.15) is 22.1 Å². The molecule has 146 valence electrons. The minimum Gasteiger partial charge on any atom is -0.497 e. The van der Waals surface area contributed by atoms with Gasteiger partial charge in [0.25, 0.3) is 5.91 Å². The highest BCUT2D eigenvalue weighted by Gasteiger charge is 2.18. The van der Waals surface area contributed by atoms with Crippen molar-refractivity contribution in [2.24, 2.45) is 0 Å². The summed E-state index contributed by atoms with van der Waals surface area (Å²) in [6.45, 7) is 0.352. The molecule has 1 atom stereocenters. The number of ether oxygens (including phenoxy) is 1. The fourth-order valence-corrected chi connectivity index (χ4v) is 3.64. The summed E-state index contributed by atoms with van der Waals surface area (Å²) >= 11 is 1.41. The molecule has 0 radical (unpaired) electrons. The van der Waals surface area contributed by atoms with Gasteiger partial charge < -0.3 is 15.0 Å². The number of halogens is 1. The molecule has 0 aliphatic heterocycles. The van der Waals surface area contributed by atoms with Gasteiger partial charge in [0.05, 0.1) is 13.2 Å². The van der Waals surface area contributed by atoms with E-state index >= 15 is 0 Å². The van der Waals surface area contributed by atoms with Gasteiger partial charge in [0.2, 0.25) is 0 Å². The number of nitrogens with zero attached hydrogens (tertiary/aromatic N) is 2. The highest BCUT2D eigenvalue weighted by atomic mass is 32.1. The van der Waals surface area contributed by atoms with Crippen LogP contribution in [-0.4, -0.2) is 43.5 Å². The quantitative estimate of drug-likeness (QED) is 0.653. The highest BCUT2D eigenvalue weighted by Crippen LogP contribution is 2.26.